The summed E-state index contributed by atoms with van der Waals surface area (Å²) in [6.45, 7) is 2.23. The number of benzene rings is 2. The Labute approximate surface area is 164 Å². The average Bonchev–Trinajstić information content (AvgIpc) is 2.64. The number of hydrogen-bond donors (Lipinski definition) is 0. The van der Waals surface area contributed by atoms with Crippen molar-refractivity contribution in [2.75, 3.05) is 0 Å². The number of hydrogen-bond acceptors (Lipinski definition) is 0. The molecule has 1 aliphatic carbocycles. The van der Waals surface area contributed by atoms with Crippen molar-refractivity contribution in [3.05, 3.63) is 58.4 Å². The van der Waals surface area contributed by atoms with Crippen molar-refractivity contribution in [3.63, 3.8) is 0 Å². The minimum Gasteiger partial charge on any atom is -0.207 e. The SMILES string of the molecule is CCCC1CCC(CCc2c(F)cc(F)cc2-c2ccc(Cl)c(F)c2)CC1. The number of halogens is 4. The molecule has 1 saturated carbocycles. The lowest BCUT2D eigenvalue weighted by Crippen LogP contribution is -2.15. The Kier molecular flexibility index (Phi) is 6.86. The van der Waals surface area contributed by atoms with Gasteiger partial charge in [-0.05, 0) is 59.6 Å². The molecule has 1 aliphatic rings. The molecule has 0 amide bonds. The van der Waals surface area contributed by atoms with Crippen LogP contribution in [-0.4, -0.2) is 0 Å². The minimum atomic E-state index is -0.651. The van der Waals surface area contributed by atoms with Crippen molar-refractivity contribution in [2.24, 2.45) is 11.8 Å². The zero-order chi connectivity index (χ0) is 19.4. The van der Waals surface area contributed by atoms with Crippen molar-refractivity contribution < 1.29 is 13.2 Å². The van der Waals surface area contributed by atoms with Crippen LogP contribution in [0.3, 0.4) is 0 Å². The normalized spacial score (nSPS) is 20.0. The van der Waals surface area contributed by atoms with E-state index in [9.17, 15) is 13.2 Å². The highest BCUT2D eigenvalue weighted by molar-refractivity contribution is 6.30. The predicted octanol–water partition coefficient (Wildman–Crippen LogP) is 7.96. The highest BCUT2D eigenvalue weighted by atomic mass is 35.5. The Hall–Kier alpha value is -1.48. The summed E-state index contributed by atoms with van der Waals surface area (Å²) < 4.78 is 42.2. The zero-order valence-electron chi connectivity index (χ0n) is 15.7. The molecule has 0 aliphatic heterocycles. The lowest BCUT2D eigenvalue weighted by Gasteiger charge is -2.28. The fourth-order valence-electron chi connectivity index (χ4n) is 4.34. The second-order valence-corrected chi connectivity index (χ2v) is 8.16. The molecule has 0 atom stereocenters. The third-order valence-corrected chi connectivity index (χ3v) is 6.16. The van der Waals surface area contributed by atoms with Crippen LogP contribution in [0.5, 0.6) is 0 Å². The van der Waals surface area contributed by atoms with Gasteiger partial charge in [0, 0.05) is 6.07 Å². The maximum atomic E-state index is 14.5. The second-order valence-electron chi connectivity index (χ2n) is 7.76. The Morgan fingerprint density at radius 1 is 0.889 bits per heavy atom. The molecule has 0 aromatic heterocycles. The van der Waals surface area contributed by atoms with Gasteiger partial charge in [0.1, 0.15) is 17.5 Å². The summed E-state index contributed by atoms with van der Waals surface area (Å²) in [6.07, 6.45) is 8.80. The quantitative estimate of drug-likeness (QED) is 0.466. The largest absolute Gasteiger partial charge is 0.207 e. The summed E-state index contributed by atoms with van der Waals surface area (Å²) >= 11 is 5.74. The zero-order valence-corrected chi connectivity index (χ0v) is 16.5. The first-order valence-corrected chi connectivity index (χ1v) is 10.3. The summed E-state index contributed by atoms with van der Waals surface area (Å²) in [4.78, 5) is 0. The molecule has 1 fully saturated rings. The van der Waals surface area contributed by atoms with Crippen LogP contribution in [0.25, 0.3) is 11.1 Å². The highest BCUT2D eigenvalue weighted by Crippen LogP contribution is 2.36. The van der Waals surface area contributed by atoms with E-state index in [1.54, 1.807) is 6.07 Å². The van der Waals surface area contributed by atoms with E-state index in [0.29, 0.717) is 29.0 Å². The molecular formula is C23H26ClF3. The van der Waals surface area contributed by atoms with Crippen LogP contribution in [0, 0.1) is 29.3 Å². The van der Waals surface area contributed by atoms with Crippen LogP contribution in [-0.2, 0) is 6.42 Å². The van der Waals surface area contributed by atoms with E-state index in [1.165, 1.54) is 56.7 Å². The van der Waals surface area contributed by atoms with Gasteiger partial charge in [-0.1, -0.05) is 63.1 Å². The van der Waals surface area contributed by atoms with Gasteiger partial charge in [0.2, 0.25) is 0 Å². The van der Waals surface area contributed by atoms with Gasteiger partial charge in [-0.15, -0.1) is 0 Å². The molecule has 0 radical (unpaired) electrons. The van der Waals surface area contributed by atoms with Gasteiger partial charge in [-0.2, -0.15) is 0 Å². The molecule has 0 N–H and O–H groups in total. The minimum absolute atomic E-state index is 0.000939. The predicted molar refractivity (Wildman–Crippen MR) is 105 cm³/mol. The van der Waals surface area contributed by atoms with Crippen molar-refractivity contribution >= 4 is 11.6 Å². The van der Waals surface area contributed by atoms with E-state index in [1.807, 2.05) is 0 Å². The monoisotopic (exact) mass is 394 g/mol. The van der Waals surface area contributed by atoms with Gasteiger partial charge in [0.15, 0.2) is 0 Å². The molecule has 2 aromatic carbocycles. The first kappa shape index (κ1) is 20.3. The van der Waals surface area contributed by atoms with Crippen LogP contribution >= 0.6 is 11.6 Å². The van der Waals surface area contributed by atoms with Crippen molar-refractivity contribution in [1.82, 2.24) is 0 Å². The summed E-state index contributed by atoms with van der Waals surface area (Å²) in [5, 5.41) is 0.000939. The second kappa shape index (κ2) is 9.14. The van der Waals surface area contributed by atoms with Gasteiger partial charge >= 0.3 is 0 Å². The van der Waals surface area contributed by atoms with Crippen LogP contribution in [0.1, 0.15) is 57.4 Å². The molecule has 0 bridgehead atoms. The van der Waals surface area contributed by atoms with Crippen LogP contribution in [0.2, 0.25) is 5.02 Å². The smallest absolute Gasteiger partial charge is 0.142 e. The Morgan fingerprint density at radius 3 is 2.19 bits per heavy atom. The maximum absolute atomic E-state index is 14.5. The van der Waals surface area contributed by atoms with Crippen molar-refractivity contribution in [2.45, 2.75) is 58.3 Å². The Morgan fingerprint density at radius 2 is 1.56 bits per heavy atom. The van der Waals surface area contributed by atoms with Crippen molar-refractivity contribution in [1.29, 1.82) is 0 Å². The fourth-order valence-corrected chi connectivity index (χ4v) is 4.46. The lowest BCUT2D eigenvalue weighted by atomic mass is 9.77. The lowest BCUT2D eigenvalue weighted by molar-refractivity contribution is 0.252. The van der Waals surface area contributed by atoms with E-state index >= 15 is 0 Å². The maximum Gasteiger partial charge on any atom is 0.142 e. The fraction of sp³-hybridized carbons (Fsp3) is 0.478. The first-order valence-electron chi connectivity index (χ1n) is 9.91. The molecule has 0 heterocycles. The molecule has 2 aromatic rings. The van der Waals surface area contributed by atoms with E-state index in [-0.39, 0.29) is 5.02 Å². The summed E-state index contributed by atoms with van der Waals surface area (Å²) in [6, 6.07) is 6.49. The van der Waals surface area contributed by atoms with E-state index < -0.39 is 17.5 Å². The van der Waals surface area contributed by atoms with Crippen LogP contribution in [0.15, 0.2) is 30.3 Å². The summed E-state index contributed by atoms with van der Waals surface area (Å²) in [7, 11) is 0. The van der Waals surface area contributed by atoms with Crippen molar-refractivity contribution in [3.8, 4) is 11.1 Å². The van der Waals surface area contributed by atoms with Gasteiger partial charge < -0.3 is 0 Å². The topological polar surface area (TPSA) is 0 Å². The standard InChI is InChI=1S/C23H26ClF3/c1-2-3-15-4-6-16(7-5-15)8-10-19-20(13-18(25)14-22(19)26)17-9-11-21(24)23(27)12-17/h9,11-16H,2-8,10H2,1H3. The summed E-state index contributed by atoms with van der Waals surface area (Å²) in [5.41, 5.74) is 1.34. The third-order valence-electron chi connectivity index (χ3n) is 5.86. The van der Waals surface area contributed by atoms with Gasteiger partial charge in [0.25, 0.3) is 0 Å². The number of rotatable bonds is 6. The van der Waals surface area contributed by atoms with Gasteiger partial charge in [-0.3, -0.25) is 0 Å². The average molecular weight is 395 g/mol. The van der Waals surface area contributed by atoms with Crippen LogP contribution in [0.4, 0.5) is 13.2 Å². The van der Waals surface area contributed by atoms with E-state index in [2.05, 4.69) is 6.92 Å². The molecule has 3 rings (SSSR count). The molecule has 4 heteroatoms. The molecule has 0 saturated heterocycles. The molecular weight excluding hydrogens is 369 g/mol. The Balaban J connectivity index is 1.76. The Bertz CT molecular complexity index is 779. The molecule has 0 nitrogen and oxygen atoms in total. The first-order chi connectivity index (χ1) is 13.0. The van der Waals surface area contributed by atoms with E-state index in [0.717, 1.165) is 18.4 Å². The van der Waals surface area contributed by atoms with E-state index in [4.69, 9.17) is 11.6 Å². The molecule has 146 valence electrons. The molecule has 0 unspecified atom stereocenters. The van der Waals surface area contributed by atoms with Gasteiger partial charge in [-0.25, -0.2) is 13.2 Å². The summed E-state index contributed by atoms with van der Waals surface area (Å²) in [5.74, 6) is -0.375. The molecule has 27 heavy (non-hydrogen) atoms. The third kappa shape index (κ3) is 5.07. The highest BCUT2D eigenvalue weighted by Gasteiger charge is 2.22. The molecule has 0 spiro atoms. The van der Waals surface area contributed by atoms with Gasteiger partial charge in [0.05, 0.1) is 5.02 Å². The van der Waals surface area contributed by atoms with Crippen LogP contribution < -0.4 is 0 Å².